The number of rotatable bonds is 7. The Labute approximate surface area is 128 Å². The SMILES string of the molecule is CCCNC(CCC1CCCCO1)c1ccc(F)cc1C. The average Bonchev–Trinajstić information content (AvgIpc) is 2.49. The van der Waals surface area contributed by atoms with Crippen molar-refractivity contribution in [3.05, 3.63) is 35.1 Å². The summed E-state index contributed by atoms with van der Waals surface area (Å²) >= 11 is 0. The highest BCUT2D eigenvalue weighted by Crippen LogP contribution is 2.26. The number of ether oxygens (including phenoxy) is 1. The van der Waals surface area contributed by atoms with E-state index in [-0.39, 0.29) is 5.82 Å². The lowest BCUT2D eigenvalue weighted by Crippen LogP contribution is -2.26. The largest absolute Gasteiger partial charge is 0.378 e. The van der Waals surface area contributed by atoms with Crippen LogP contribution in [0.2, 0.25) is 0 Å². The van der Waals surface area contributed by atoms with Gasteiger partial charge in [-0.05, 0) is 75.3 Å². The maximum Gasteiger partial charge on any atom is 0.123 e. The summed E-state index contributed by atoms with van der Waals surface area (Å²) < 4.78 is 19.1. The molecule has 1 N–H and O–H groups in total. The zero-order chi connectivity index (χ0) is 15.1. The Morgan fingerprint density at radius 3 is 2.90 bits per heavy atom. The van der Waals surface area contributed by atoms with Crippen LogP contribution >= 0.6 is 0 Å². The third-order valence-electron chi connectivity index (χ3n) is 4.30. The molecule has 1 heterocycles. The van der Waals surface area contributed by atoms with Crippen molar-refractivity contribution in [2.45, 2.75) is 64.5 Å². The molecule has 1 fully saturated rings. The molecule has 118 valence electrons. The molecule has 21 heavy (non-hydrogen) atoms. The summed E-state index contributed by atoms with van der Waals surface area (Å²) in [5.41, 5.74) is 2.26. The van der Waals surface area contributed by atoms with E-state index in [2.05, 4.69) is 12.2 Å². The molecule has 0 amide bonds. The molecular weight excluding hydrogens is 265 g/mol. The van der Waals surface area contributed by atoms with Crippen LogP contribution < -0.4 is 5.32 Å². The number of nitrogens with one attached hydrogen (secondary N) is 1. The van der Waals surface area contributed by atoms with E-state index in [1.807, 2.05) is 13.0 Å². The van der Waals surface area contributed by atoms with Gasteiger partial charge in [0.05, 0.1) is 6.10 Å². The van der Waals surface area contributed by atoms with E-state index in [0.717, 1.165) is 38.0 Å². The van der Waals surface area contributed by atoms with Gasteiger partial charge in [0.25, 0.3) is 0 Å². The van der Waals surface area contributed by atoms with Gasteiger partial charge in [0, 0.05) is 12.6 Å². The molecule has 1 aromatic carbocycles. The fraction of sp³-hybridized carbons (Fsp3) is 0.667. The highest BCUT2D eigenvalue weighted by molar-refractivity contribution is 5.29. The lowest BCUT2D eigenvalue weighted by Gasteiger charge is -2.26. The van der Waals surface area contributed by atoms with Gasteiger partial charge in [-0.1, -0.05) is 13.0 Å². The number of halogens is 1. The van der Waals surface area contributed by atoms with E-state index < -0.39 is 0 Å². The molecule has 1 aliphatic heterocycles. The maximum absolute atomic E-state index is 13.3. The number of benzene rings is 1. The summed E-state index contributed by atoms with van der Waals surface area (Å²) in [6.07, 6.45) is 7.32. The maximum atomic E-state index is 13.3. The molecule has 2 rings (SSSR count). The first kappa shape index (κ1) is 16.4. The predicted octanol–water partition coefficient (Wildman–Crippen LogP) is 4.52. The number of aryl methyl sites for hydroxylation is 1. The third-order valence-corrected chi connectivity index (χ3v) is 4.30. The Balaban J connectivity index is 1.99. The van der Waals surface area contributed by atoms with Crippen molar-refractivity contribution in [1.82, 2.24) is 5.32 Å². The van der Waals surface area contributed by atoms with E-state index in [1.165, 1.54) is 24.8 Å². The molecule has 0 aliphatic carbocycles. The van der Waals surface area contributed by atoms with Gasteiger partial charge in [-0.2, -0.15) is 0 Å². The summed E-state index contributed by atoms with van der Waals surface area (Å²) in [7, 11) is 0. The molecule has 1 aromatic rings. The summed E-state index contributed by atoms with van der Waals surface area (Å²) in [5.74, 6) is -0.152. The Kier molecular flexibility index (Phi) is 6.65. The van der Waals surface area contributed by atoms with Gasteiger partial charge in [0.15, 0.2) is 0 Å². The highest BCUT2D eigenvalue weighted by Gasteiger charge is 2.18. The molecule has 1 aliphatic rings. The van der Waals surface area contributed by atoms with Crippen LogP contribution in [-0.2, 0) is 4.74 Å². The normalized spacial score (nSPS) is 20.4. The van der Waals surface area contributed by atoms with Crippen LogP contribution in [0.3, 0.4) is 0 Å². The van der Waals surface area contributed by atoms with Crippen LogP contribution in [0, 0.1) is 12.7 Å². The minimum atomic E-state index is -0.152. The van der Waals surface area contributed by atoms with E-state index in [1.54, 1.807) is 12.1 Å². The summed E-state index contributed by atoms with van der Waals surface area (Å²) in [6.45, 7) is 6.07. The Hall–Kier alpha value is -0.930. The molecule has 0 spiro atoms. The van der Waals surface area contributed by atoms with Gasteiger partial charge in [-0.25, -0.2) is 4.39 Å². The molecule has 2 atom stereocenters. The van der Waals surface area contributed by atoms with E-state index in [0.29, 0.717) is 12.1 Å². The molecule has 0 saturated carbocycles. The van der Waals surface area contributed by atoms with Crippen molar-refractivity contribution in [3.63, 3.8) is 0 Å². The average molecular weight is 293 g/mol. The van der Waals surface area contributed by atoms with Crippen molar-refractivity contribution in [1.29, 1.82) is 0 Å². The minimum Gasteiger partial charge on any atom is -0.378 e. The summed E-state index contributed by atoms with van der Waals surface area (Å²) in [4.78, 5) is 0. The van der Waals surface area contributed by atoms with Crippen LogP contribution in [-0.4, -0.2) is 19.3 Å². The third kappa shape index (κ3) is 5.08. The Bertz CT molecular complexity index is 429. The van der Waals surface area contributed by atoms with Crippen LogP contribution in [0.5, 0.6) is 0 Å². The zero-order valence-electron chi connectivity index (χ0n) is 13.3. The minimum absolute atomic E-state index is 0.152. The first-order chi connectivity index (χ1) is 10.2. The second kappa shape index (κ2) is 8.50. The molecule has 0 radical (unpaired) electrons. The fourth-order valence-electron chi connectivity index (χ4n) is 3.10. The van der Waals surface area contributed by atoms with Crippen LogP contribution in [0.1, 0.15) is 62.6 Å². The second-order valence-electron chi connectivity index (χ2n) is 6.07. The van der Waals surface area contributed by atoms with Gasteiger partial charge in [0.1, 0.15) is 5.82 Å². The lowest BCUT2D eigenvalue weighted by molar-refractivity contribution is 0.00853. The molecule has 2 unspecified atom stereocenters. The molecule has 2 nitrogen and oxygen atoms in total. The van der Waals surface area contributed by atoms with Gasteiger partial charge < -0.3 is 10.1 Å². The predicted molar refractivity (Wildman–Crippen MR) is 85.0 cm³/mol. The van der Waals surface area contributed by atoms with Crippen molar-refractivity contribution in [2.75, 3.05) is 13.2 Å². The van der Waals surface area contributed by atoms with E-state index in [9.17, 15) is 4.39 Å². The van der Waals surface area contributed by atoms with Gasteiger partial charge in [0.2, 0.25) is 0 Å². The topological polar surface area (TPSA) is 21.3 Å². The van der Waals surface area contributed by atoms with Gasteiger partial charge in [-0.15, -0.1) is 0 Å². The molecule has 1 saturated heterocycles. The lowest BCUT2D eigenvalue weighted by atomic mass is 9.94. The van der Waals surface area contributed by atoms with E-state index in [4.69, 9.17) is 4.74 Å². The van der Waals surface area contributed by atoms with Crippen molar-refractivity contribution >= 4 is 0 Å². The van der Waals surface area contributed by atoms with Gasteiger partial charge in [-0.3, -0.25) is 0 Å². The first-order valence-corrected chi connectivity index (χ1v) is 8.31. The fourth-order valence-corrected chi connectivity index (χ4v) is 3.10. The van der Waals surface area contributed by atoms with Crippen LogP contribution in [0.25, 0.3) is 0 Å². The monoisotopic (exact) mass is 293 g/mol. The van der Waals surface area contributed by atoms with Crippen LogP contribution in [0.4, 0.5) is 4.39 Å². The van der Waals surface area contributed by atoms with Crippen molar-refractivity contribution in [3.8, 4) is 0 Å². The molecule has 3 heteroatoms. The summed E-state index contributed by atoms with van der Waals surface area (Å²) in [5, 5.41) is 3.61. The molecule has 0 bridgehead atoms. The van der Waals surface area contributed by atoms with Crippen molar-refractivity contribution < 1.29 is 9.13 Å². The van der Waals surface area contributed by atoms with Gasteiger partial charge >= 0.3 is 0 Å². The number of hydrogen-bond donors (Lipinski definition) is 1. The highest BCUT2D eigenvalue weighted by atomic mass is 19.1. The molecule has 0 aromatic heterocycles. The standard InChI is InChI=1S/C18H28FNO/c1-3-11-20-18(10-8-16-6-4-5-12-21-16)17-9-7-15(19)13-14(17)2/h7,9,13,16,18,20H,3-6,8,10-12H2,1-2H3. The first-order valence-electron chi connectivity index (χ1n) is 8.31. The Morgan fingerprint density at radius 1 is 1.38 bits per heavy atom. The quantitative estimate of drug-likeness (QED) is 0.798. The number of hydrogen-bond acceptors (Lipinski definition) is 2. The van der Waals surface area contributed by atoms with Crippen molar-refractivity contribution in [2.24, 2.45) is 0 Å². The zero-order valence-corrected chi connectivity index (χ0v) is 13.3. The Morgan fingerprint density at radius 2 is 2.24 bits per heavy atom. The van der Waals surface area contributed by atoms with E-state index >= 15 is 0 Å². The van der Waals surface area contributed by atoms with Crippen LogP contribution in [0.15, 0.2) is 18.2 Å². The smallest absolute Gasteiger partial charge is 0.123 e. The second-order valence-corrected chi connectivity index (χ2v) is 6.07. The summed E-state index contributed by atoms with van der Waals surface area (Å²) in [6, 6.07) is 5.43. The molecular formula is C18H28FNO.